The van der Waals surface area contributed by atoms with Crippen LogP contribution < -0.4 is 5.73 Å². The summed E-state index contributed by atoms with van der Waals surface area (Å²) in [6.07, 6.45) is 0. The van der Waals surface area contributed by atoms with Crippen molar-refractivity contribution in [3.8, 4) is 0 Å². The van der Waals surface area contributed by atoms with Gasteiger partial charge in [0, 0.05) is 12.6 Å². The lowest BCUT2D eigenvalue weighted by molar-refractivity contribution is -0.149. The number of methoxy groups -OCH3 is 1. The lowest BCUT2D eigenvalue weighted by Gasteiger charge is -2.36. The van der Waals surface area contributed by atoms with Gasteiger partial charge in [-0.15, -0.1) is 0 Å². The normalized spacial score (nSPS) is 13.3. The minimum absolute atomic E-state index is 0.0744. The maximum absolute atomic E-state index is 11.9. The first-order valence-electron chi connectivity index (χ1n) is 4.98. The molecule has 0 bridgehead atoms. The summed E-state index contributed by atoms with van der Waals surface area (Å²) >= 11 is 0. The van der Waals surface area contributed by atoms with Crippen LogP contribution in [0.5, 0.6) is 0 Å². The third kappa shape index (κ3) is 4.59. The first kappa shape index (κ1) is 14.9. The average molecular weight is 232 g/mol. The van der Waals surface area contributed by atoms with Crippen LogP contribution in [0.15, 0.2) is 0 Å². The zero-order chi connectivity index (χ0) is 12.9. The summed E-state index contributed by atoms with van der Waals surface area (Å²) in [5.41, 5.74) is 5.01. The summed E-state index contributed by atoms with van der Waals surface area (Å²) < 4.78 is 4.77. The van der Waals surface area contributed by atoms with Gasteiger partial charge in [0.1, 0.15) is 12.6 Å². The van der Waals surface area contributed by atoms with E-state index in [1.54, 1.807) is 20.8 Å². The number of carboxylic acid groups (broad SMARTS) is 1. The SMILES string of the molecule is COCC(N)C(=O)N(CC(=O)O)C(C)(C)C. The maximum Gasteiger partial charge on any atom is 0.323 e. The monoisotopic (exact) mass is 232 g/mol. The zero-order valence-corrected chi connectivity index (χ0v) is 10.2. The van der Waals surface area contributed by atoms with Crippen molar-refractivity contribution >= 4 is 11.9 Å². The Morgan fingerprint density at radius 3 is 2.25 bits per heavy atom. The summed E-state index contributed by atoms with van der Waals surface area (Å²) in [6, 6.07) is -0.830. The van der Waals surface area contributed by atoms with Gasteiger partial charge in [0.2, 0.25) is 5.91 Å². The molecule has 1 amide bonds. The van der Waals surface area contributed by atoms with Gasteiger partial charge in [-0.2, -0.15) is 0 Å². The molecule has 0 aliphatic rings. The third-order valence-electron chi connectivity index (χ3n) is 2.03. The zero-order valence-electron chi connectivity index (χ0n) is 10.2. The highest BCUT2D eigenvalue weighted by Gasteiger charge is 2.31. The molecule has 16 heavy (non-hydrogen) atoms. The number of hydrogen-bond acceptors (Lipinski definition) is 4. The van der Waals surface area contributed by atoms with Crippen LogP contribution in [-0.2, 0) is 14.3 Å². The topological polar surface area (TPSA) is 92.9 Å². The number of aliphatic carboxylic acids is 1. The average Bonchev–Trinajstić information content (AvgIpc) is 2.11. The van der Waals surface area contributed by atoms with Gasteiger partial charge in [-0.1, -0.05) is 0 Å². The third-order valence-corrected chi connectivity index (χ3v) is 2.03. The summed E-state index contributed by atoms with van der Waals surface area (Å²) in [7, 11) is 1.44. The second-order valence-electron chi connectivity index (χ2n) is 4.55. The van der Waals surface area contributed by atoms with Crippen molar-refractivity contribution < 1.29 is 19.4 Å². The molecule has 0 saturated carbocycles. The summed E-state index contributed by atoms with van der Waals surface area (Å²) in [5.74, 6) is -1.48. The summed E-state index contributed by atoms with van der Waals surface area (Å²) in [5, 5.41) is 8.74. The molecule has 0 aromatic heterocycles. The molecule has 1 atom stereocenters. The molecule has 1 unspecified atom stereocenters. The second kappa shape index (κ2) is 5.81. The lowest BCUT2D eigenvalue weighted by atomic mass is 10.0. The van der Waals surface area contributed by atoms with Gasteiger partial charge in [0.15, 0.2) is 0 Å². The van der Waals surface area contributed by atoms with Gasteiger partial charge in [-0.25, -0.2) is 0 Å². The number of hydrogen-bond donors (Lipinski definition) is 2. The van der Waals surface area contributed by atoms with E-state index in [0.29, 0.717) is 0 Å². The Labute approximate surface area is 95.4 Å². The van der Waals surface area contributed by atoms with Gasteiger partial charge in [-0.3, -0.25) is 9.59 Å². The predicted molar refractivity (Wildman–Crippen MR) is 59.0 cm³/mol. The van der Waals surface area contributed by atoms with Gasteiger partial charge >= 0.3 is 5.97 Å². The summed E-state index contributed by atoms with van der Waals surface area (Å²) in [4.78, 5) is 23.8. The van der Waals surface area contributed by atoms with Gasteiger partial charge in [0.05, 0.1) is 6.61 Å². The van der Waals surface area contributed by atoms with E-state index in [1.807, 2.05) is 0 Å². The number of rotatable bonds is 5. The molecule has 6 heteroatoms. The van der Waals surface area contributed by atoms with E-state index in [4.69, 9.17) is 15.6 Å². The molecule has 0 aromatic carbocycles. The minimum atomic E-state index is -1.06. The molecule has 0 aliphatic heterocycles. The minimum Gasteiger partial charge on any atom is -0.480 e. The Morgan fingerprint density at radius 1 is 1.44 bits per heavy atom. The van der Waals surface area contributed by atoms with E-state index >= 15 is 0 Å². The predicted octanol–water partition coefficient (Wildman–Crippen LogP) is -0.328. The van der Waals surface area contributed by atoms with Crippen LogP contribution in [-0.4, -0.2) is 53.7 Å². The second-order valence-corrected chi connectivity index (χ2v) is 4.55. The Morgan fingerprint density at radius 2 is 1.94 bits per heavy atom. The molecule has 0 rings (SSSR count). The van der Waals surface area contributed by atoms with E-state index < -0.39 is 23.5 Å². The first-order valence-corrected chi connectivity index (χ1v) is 4.98. The van der Waals surface area contributed by atoms with Crippen LogP contribution >= 0.6 is 0 Å². The molecule has 94 valence electrons. The number of carboxylic acids is 1. The molecular formula is C10H20N2O4. The smallest absolute Gasteiger partial charge is 0.323 e. The van der Waals surface area contributed by atoms with E-state index in [0.717, 1.165) is 0 Å². The highest BCUT2D eigenvalue weighted by molar-refractivity contribution is 5.86. The molecule has 0 saturated heterocycles. The molecule has 6 nitrogen and oxygen atoms in total. The van der Waals surface area contributed by atoms with Crippen LogP contribution in [0.4, 0.5) is 0 Å². The number of amides is 1. The summed E-state index contributed by atoms with van der Waals surface area (Å²) in [6.45, 7) is 4.98. The van der Waals surface area contributed by atoms with Crippen LogP contribution in [0.25, 0.3) is 0 Å². The fraction of sp³-hybridized carbons (Fsp3) is 0.800. The number of ether oxygens (including phenoxy) is 1. The number of carbonyl (C=O) groups is 2. The van der Waals surface area contributed by atoms with Crippen molar-refractivity contribution in [1.29, 1.82) is 0 Å². The largest absolute Gasteiger partial charge is 0.480 e. The van der Waals surface area contributed by atoms with Crippen molar-refractivity contribution in [2.75, 3.05) is 20.3 Å². The molecule has 0 spiro atoms. The van der Waals surface area contributed by atoms with Crippen molar-refractivity contribution in [1.82, 2.24) is 4.90 Å². The Bertz CT molecular complexity index is 260. The number of carbonyl (C=O) groups excluding carboxylic acids is 1. The van der Waals surface area contributed by atoms with Crippen molar-refractivity contribution in [3.05, 3.63) is 0 Å². The lowest BCUT2D eigenvalue weighted by Crippen LogP contribution is -2.55. The van der Waals surface area contributed by atoms with Gasteiger partial charge in [-0.05, 0) is 20.8 Å². The van der Waals surface area contributed by atoms with Crippen LogP contribution in [0.1, 0.15) is 20.8 Å². The molecule has 0 radical (unpaired) electrons. The van der Waals surface area contributed by atoms with E-state index in [9.17, 15) is 9.59 Å². The van der Waals surface area contributed by atoms with Crippen LogP contribution in [0.3, 0.4) is 0 Å². The fourth-order valence-electron chi connectivity index (χ4n) is 1.23. The molecule has 0 fully saturated rings. The quantitative estimate of drug-likeness (QED) is 0.677. The van der Waals surface area contributed by atoms with Gasteiger partial charge in [0.25, 0.3) is 0 Å². The van der Waals surface area contributed by atoms with E-state index in [2.05, 4.69) is 0 Å². The highest BCUT2D eigenvalue weighted by Crippen LogP contribution is 2.14. The number of nitrogens with two attached hydrogens (primary N) is 1. The Kier molecular flexibility index (Phi) is 5.40. The highest BCUT2D eigenvalue weighted by atomic mass is 16.5. The van der Waals surface area contributed by atoms with Crippen molar-refractivity contribution in [2.24, 2.45) is 5.73 Å². The van der Waals surface area contributed by atoms with E-state index in [-0.39, 0.29) is 13.2 Å². The fourth-order valence-corrected chi connectivity index (χ4v) is 1.23. The van der Waals surface area contributed by atoms with Crippen LogP contribution in [0.2, 0.25) is 0 Å². The van der Waals surface area contributed by atoms with Crippen molar-refractivity contribution in [3.63, 3.8) is 0 Å². The van der Waals surface area contributed by atoms with Gasteiger partial charge < -0.3 is 20.5 Å². The van der Waals surface area contributed by atoms with Crippen LogP contribution in [0, 0.1) is 0 Å². The molecule has 3 N–H and O–H groups in total. The van der Waals surface area contributed by atoms with E-state index in [1.165, 1.54) is 12.0 Å². The maximum atomic E-state index is 11.9. The standard InChI is InChI=1S/C10H20N2O4/c1-10(2,3)12(5-8(13)14)9(15)7(11)6-16-4/h7H,5-6,11H2,1-4H3,(H,13,14). The van der Waals surface area contributed by atoms with Crippen molar-refractivity contribution in [2.45, 2.75) is 32.4 Å². The molecule has 0 heterocycles. The molecule has 0 aromatic rings. The Balaban J connectivity index is 4.76. The molecule has 0 aliphatic carbocycles. The molecular weight excluding hydrogens is 212 g/mol. The Hall–Kier alpha value is -1.14. The number of nitrogens with zero attached hydrogens (tertiary/aromatic N) is 1. The first-order chi connectivity index (χ1) is 7.20.